The zero-order valence-electron chi connectivity index (χ0n) is 10.7. The van der Waals surface area contributed by atoms with E-state index < -0.39 is 0 Å². The average Bonchev–Trinajstić information content (AvgIpc) is 2.35. The van der Waals surface area contributed by atoms with Crippen molar-refractivity contribution in [2.45, 2.75) is 27.2 Å². The van der Waals surface area contributed by atoms with E-state index >= 15 is 0 Å². The highest BCUT2D eigenvalue weighted by Crippen LogP contribution is 2.27. The molecule has 1 aromatic carbocycles. The van der Waals surface area contributed by atoms with Gasteiger partial charge in [-0.15, -0.1) is 0 Å². The first-order chi connectivity index (χ1) is 8.12. The first-order valence-corrected chi connectivity index (χ1v) is 6.44. The van der Waals surface area contributed by atoms with Gasteiger partial charge in [0, 0.05) is 13.1 Å². The SMILES string of the molecule is CCC(C)CN(CC)c1ccc(C#N)cc1Cl. The molecule has 92 valence electrons. The van der Waals surface area contributed by atoms with Gasteiger partial charge in [-0.3, -0.25) is 0 Å². The fourth-order valence-electron chi connectivity index (χ4n) is 1.74. The highest BCUT2D eigenvalue weighted by atomic mass is 35.5. The molecule has 0 fully saturated rings. The van der Waals surface area contributed by atoms with Crippen LogP contribution in [0.3, 0.4) is 0 Å². The highest BCUT2D eigenvalue weighted by molar-refractivity contribution is 6.33. The van der Waals surface area contributed by atoms with Gasteiger partial charge in [0.05, 0.1) is 22.3 Å². The fourth-order valence-corrected chi connectivity index (χ4v) is 2.04. The van der Waals surface area contributed by atoms with E-state index in [1.165, 1.54) is 0 Å². The Kier molecular flexibility index (Phi) is 5.31. The van der Waals surface area contributed by atoms with Crippen molar-refractivity contribution in [3.63, 3.8) is 0 Å². The lowest BCUT2D eigenvalue weighted by Gasteiger charge is -2.27. The predicted octanol–water partition coefficient (Wildman–Crippen LogP) is 4.08. The smallest absolute Gasteiger partial charge is 0.0992 e. The number of hydrogen-bond acceptors (Lipinski definition) is 2. The molecule has 0 saturated carbocycles. The van der Waals surface area contributed by atoms with Crippen LogP contribution in [0.25, 0.3) is 0 Å². The Morgan fingerprint density at radius 2 is 2.12 bits per heavy atom. The second-order valence-electron chi connectivity index (χ2n) is 4.33. The number of benzene rings is 1. The number of nitriles is 1. The van der Waals surface area contributed by atoms with Crippen molar-refractivity contribution in [3.05, 3.63) is 28.8 Å². The van der Waals surface area contributed by atoms with Gasteiger partial charge < -0.3 is 4.90 Å². The van der Waals surface area contributed by atoms with Crippen LogP contribution in [-0.2, 0) is 0 Å². The Labute approximate surface area is 109 Å². The number of halogens is 1. The molecule has 0 spiro atoms. The van der Waals surface area contributed by atoms with E-state index in [1.807, 2.05) is 12.1 Å². The molecule has 1 rings (SSSR count). The second-order valence-corrected chi connectivity index (χ2v) is 4.74. The summed E-state index contributed by atoms with van der Waals surface area (Å²) in [6.07, 6.45) is 1.16. The molecule has 0 aliphatic heterocycles. The van der Waals surface area contributed by atoms with Crippen LogP contribution in [-0.4, -0.2) is 13.1 Å². The summed E-state index contributed by atoms with van der Waals surface area (Å²) in [4.78, 5) is 2.26. The summed E-state index contributed by atoms with van der Waals surface area (Å²) in [5.41, 5.74) is 1.63. The Morgan fingerprint density at radius 3 is 2.59 bits per heavy atom. The van der Waals surface area contributed by atoms with Crippen molar-refractivity contribution in [3.8, 4) is 6.07 Å². The summed E-state index contributed by atoms with van der Waals surface area (Å²) in [6, 6.07) is 7.59. The van der Waals surface area contributed by atoms with Gasteiger partial charge in [-0.1, -0.05) is 31.9 Å². The minimum absolute atomic E-state index is 0.610. The normalized spacial score (nSPS) is 11.9. The van der Waals surface area contributed by atoms with Crippen molar-refractivity contribution in [2.75, 3.05) is 18.0 Å². The summed E-state index contributed by atoms with van der Waals surface area (Å²) in [5.74, 6) is 0.640. The molecule has 1 atom stereocenters. The maximum Gasteiger partial charge on any atom is 0.0992 e. The van der Waals surface area contributed by atoms with Gasteiger partial charge in [-0.25, -0.2) is 0 Å². The van der Waals surface area contributed by atoms with E-state index in [0.29, 0.717) is 16.5 Å². The van der Waals surface area contributed by atoms with Crippen molar-refractivity contribution in [2.24, 2.45) is 5.92 Å². The first-order valence-electron chi connectivity index (χ1n) is 6.06. The summed E-state index contributed by atoms with van der Waals surface area (Å²) in [6.45, 7) is 8.48. The van der Waals surface area contributed by atoms with E-state index in [9.17, 15) is 0 Å². The van der Waals surface area contributed by atoms with Gasteiger partial charge in [0.2, 0.25) is 0 Å². The lowest BCUT2D eigenvalue weighted by Crippen LogP contribution is -2.28. The van der Waals surface area contributed by atoms with Crippen LogP contribution in [0.15, 0.2) is 18.2 Å². The fraction of sp³-hybridized carbons (Fsp3) is 0.500. The van der Waals surface area contributed by atoms with E-state index in [1.54, 1.807) is 6.07 Å². The van der Waals surface area contributed by atoms with Gasteiger partial charge in [0.15, 0.2) is 0 Å². The zero-order valence-corrected chi connectivity index (χ0v) is 11.5. The molecule has 0 heterocycles. The molecule has 0 aliphatic carbocycles. The minimum Gasteiger partial charge on any atom is -0.370 e. The standard InChI is InChI=1S/C14H19ClN2/c1-4-11(3)10-17(5-2)14-7-6-12(9-16)8-13(14)15/h6-8,11H,4-5,10H2,1-3H3. The van der Waals surface area contributed by atoms with Gasteiger partial charge in [0.1, 0.15) is 0 Å². The van der Waals surface area contributed by atoms with Crippen LogP contribution in [0.4, 0.5) is 5.69 Å². The zero-order chi connectivity index (χ0) is 12.8. The summed E-state index contributed by atoms with van der Waals surface area (Å²) in [5, 5.41) is 9.47. The molecule has 0 aromatic heterocycles. The van der Waals surface area contributed by atoms with E-state index in [-0.39, 0.29) is 0 Å². The van der Waals surface area contributed by atoms with Crippen molar-refractivity contribution >= 4 is 17.3 Å². The Balaban J connectivity index is 2.93. The summed E-state index contributed by atoms with van der Waals surface area (Å²) in [7, 11) is 0. The quantitative estimate of drug-likeness (QED) is 0.787. The molecule has 0 amide bonds. The molecule has 1 unspecified atom stereocenters. The molecule has 0 radical (unpaired) electrons. The van der Waals surface area contributed by atoms with Gasteiger partial charge >= 0.3 is 0 Å². The molecule has 0 aliphatic rings. The van der Waals surface area contributed by atoms with E-state index in [0.717, 1.165) is 25.2 Å². The Morgan fingerprint density at radius 1 is 1.41 bits per heavy atom. The summed E-state index contributed by atoms with van der Waals surface area (Å²) >= 11 is 6.22. The maximum absolute atomic E-state index is 8.81. The molecule has 17 heavy (non-hydrogen) atoms. The van der Waals surface area contributed by atoms with Crippen molar-refractivity contribution in [1.82, 2.24) is 0 Å². The molecule has 0 N–H and O–H groups in total. The van der Waals surface area contributed by atoms with Gasteiger partial charge in [0.25, 0.3) is 0 Å². The number of nitrogens with zero attached hydrogens (tertiary/aromatic N) is 2. The number of hydrogen-bond donors (Lipinski definition) is 0. The molecule has 3 heteroatoms. The third-order valence-electron chi connectivity index (χ3n) is 3.03. The predicted molar refractivity (Wildman–Crippen MR) is 73.5 cm³/mol. The van der Waals surface area contributed by atoms with Crippen molar-refractivity contribution < 1.29 is 0 Å². The topological polar surface area (TPSA) is 27.0 Å². The molecule has 2 nitrogen and oxygen atoms in total. The number of anilines is 1. The van der Waals surface area contributed by atoms with Gasteiger partial charge in [-0.05, 0) is 31.0 Å². The minimum atomic E-state index is 0.610. The first kappa shape index (κ1) is 13.9. The summed E-state index contributed by atoms with van der Waals surface area (Å²) < 4.78 is 0. The molecule has 0 saturated heterocycles. The lowest BCUT2D eigenvalue weighted by molar-refractivity contribution is 0.548. The average molecular weight is 251 g/mol. The largest absolute Gasteiger partial charge is 0.370 e. The van der Waals surface area contributed by atoms with Gasteiger partial charge in [-0.2, -0.15) is 5.26 Å². The van der Waals surface area contributed by atoms with Crippen LogP contribution in [0.5, 0.6) is 0 Å². The molecular formula is C14H19ClN2. The van der Waals surface area contributed by atoms with E-state index in [4.69, 9.17) is 16.9 Å². The maximum atomic E-state index is 8.81. The Hall–Kier alpha value is -1.20. The highest BCUT2D eigenvalue weighted by Gasteiger charge is 2.11. The third kappa shape index (κ3) is 3.64. The van der Waals surface area contributed by atoms with E-state index in [2.05, 4.69) is 31.7 Å². The molecular weight excluding hydrogens is 232 g/mol. The van der Waals surface area contributed by atoms with Crippen LogP contribution in [0, 0.1) is 17.2 Å². The van der Waals surface area contributed by atoms with Crippen LogP contribution in [0.1, 0.15) is 32.8 Å². The van der Waals surface area contributed by atoms with Crippen LogP contribution in [0.2, 0.25) is 5.02 Å². The monoisotopic (exact) mass is 250 g/mol. The second kappa shape index (κ2) is 6.51. The Bertz CT molecular complexity index is 409. The van der Waals surface area contributed by atoms with Crippen LogP contribution >= 0.6 is 11.6 Å². The molecule has 0 bridgehead atoms. The number of rotatable bonds is 5. The van der Waals surface area contributed by atoms with Crippen molar-refractivity contribution in [1.29, 1.82) is 5.26 Å². The van der Waals surface area contributed by atoms with Crippen LogP contribution < -0.4 is 4.90 Å². The third-order valence-corrected chi connectivity index (χ3v) is 3.33. The molecule has 1 aromatic rings. The lowest BCUT2D eigenvalue weighted by atomic mass is 10.1.